The van der Waals surface area contributed by atoms with Crippen LogP contribution in [0, 0.1) is 19.8 Å². The Bertz CT molecular complexity index is 1390. The maximum absolute atomic E-state index is 14.3. The van der Waals surface area contributed by atoms with Gasteiger partial charge in [-0.05, 0) is 79.0 Å². The van der Waals surface area contributed by atoms with Crippen LogP contribution in [0.3, 0.4) is 0 Å². The molecule has 252 valence electrons. The monoisotopic (exact) mass is 651 g/mol. The van der Waals surface area contributed by atoms with Crippen LogP contribution >= 0.6 is 0 Å². The molecule has 1 aromatic heterocycles. The van der Waals surface area contributed by atoms with Crippen molar-refractivity contribution in [3.05, 3.63) is 35.2 Å². The van der Waals surface area contributed by atoms with Crippen LogP contribution in [0.1, 0.15) is 75.7 Å². The van der Waals surface area contributed by atoms with Crippen molar-refractivity contribution in [1.29, 1.82) is 0 Å². The summed E-state index contributed by atoms with van der Waals surface area (Å²) < 4.78 is 46.6. The van der Waals surface area contributed by atoms with Gasteiger partial charge in [-0.15, -0.1) is 0 Å². The highest BCUT2D eigenvalue weighted by Gasteiger charge is 2.32. The fourth-order valence-electron chi connectivity index (χ4n) is 5.22. The lowest BCUT2D eigenvalue weighted by Crippen LogP contribution is -2.49. The minimum absolute atomic E-state index is 0.0242. The molecule has 4 atom stereocenters. The topological polar surface area (TPSA) is 164 Å². The molecule has 45 heavy (non-hydrogen) atoms. The van der Waals surface area contributed by atoms with Crippen molar-refractivity contribution in [1.82, 2.24) is 20.3 Å². The van der Waals surface area contributed by atoms with Crippen LogP contribution in [-0.2, 0) is 14.8 Å². The highest BCUT2D eigenvalue weighted by Crippen LogP contribution is 2.30. The number of hydrogen-bond donors (Lipinski definition) is 3. The van der Waals surface area contributed by atoms with E-state index in [4.69, 9.17) is 14.0 Å². The molecule has 0 radical (unpaired) electrons. The number of benzene rings is 1. The first kappa shape index (κ1) is 36.1. The average Bonchev–Trinajstić information content (AvgIpc) is 3.32. The zero-order valence-electron chi connectivity index (χ0n) is 27.6. The van der Waals surface area contributed by atoms with E-state index in [1.54, 1.807) is 35.9 Å². The molecule has 0 saturated carbocycles. The summed E-state index contributed by atoms with van der Waals surface area (Å²) in [6, 6.07) is 3.75. The van der Waals surface area contributed by atoms with E-state index in [-0.39, 0.29) is 64.8 Å². The Kier molecular flexibility index (Phi) is 12.7. The molecule has 14 heteroatoms. The molecule has 2 heterocycles. The van der Waals surface area contributed by atoms with Gasteiger partial charge in [0.15, 0.2) is 10.7 Å². The lowest BCUT2D eigenvalue weighted by Gasteiger charge is -2.36. The number of aryl methyl sites for hydroxylation is 2. The van der Waals surface area contributed by atoms with Crippen LogP contribution in [0.2, 0.25) is 0 Å². The highest BCUT2D eigenvalue weighted by atomic mass is 32.2. The normalized spacial score (nSPS) is 21.0. The molecule has 3 N–H and O–H groups in total. The van der Waals surface area contributed by atoms with E-state index in [1.807, 2.05) is 27.7 Å². The van der Waals surface area contributed by atoms with Gasteiger partial charge in [-0.1, -0.05) is 12.1 Å². The van der Waals surface area contributed by atoms with Crippen LogP contribution in [0.15, 0.2) is 27.6 Å². The van der Waals surface area contributed by atoms with Gasteiger partial charge in [-0.2, -0.15) is 0 Å². The number of nitrogens with one attached hydrogen (secondary N) is 2. The Morgan fingerprint density at radius 2 is 1.91 bits per heavy atom. The van der Waals surface area contributed by atoms with Crippen molar-refractivity contribution >= 4 is 27.6 Å². The number of fused-ring (bicyclic) bond motifs is 1. The number of hydrogen-bond acceptors (Lipinski definition) is 9. The van der Waals surface area contributed by atoms with Crippen molar-refractivity contribution < 1.29 is 37.1 Å². The second kappa shape index (κ2) is 15.8. The van der Waals surface area contributed by atoms with Gasteiger partial charge in [-0.3, -0.25) is 9.52 Å². The predicted molar refractivity (Wildman–Crippen MR) is 170 cm³/mol. The lowest BCUT2D eigenvalue weighted by atomic mass is 10.0. The molecule has 1 aliphatic heterocycles. The van der Waals surface area contributed by atoms with Gasteiger partial charge in [-0.25, -0.2) is 13.2 Å². The number of rotatable bonds is 8. The number of urea groups is 1. The fraction of sp³-hybridized carbons (Fsp3) is 0.645. The number of anilines is 1. The first-order chi connectivity index (χ1) is 21.1. The van der Waals surface area contributed by atoms with Crippen molar-refractivity contribution in [3.63, 3.8) is 0 Å². The second-order valence-corrected chi connectivity index (χ2v) is 13.9. The second-order valence-electron chi connectivity index (χ2n) is 12.3. The summed E-state index contributed by atoms with van der Waals surface area (Å²) in [7, 11) is -2.37. The zero-order chi connectivity index (χ0) is 33.5. The molecule has 2 aromatic rings. The van der Waals surface area contributed by atoms with Gasteiger partial charge >= 0.3 is 6.03 Å². The average molecular weight is 652 g/mol. The third-order valence-corrected chi connectivity index (χ3v) is 9.38. The van der Waals surface area contributed by atoms with Gasteiger partial charge in [0, 0.05) is 44.4 Å². The van der Waals surface area contributed by atoms with E-state index in [2.05, 4.69) is 15.2 Å². The van der Waals surface area contributed by atoms with Gasteiger partial charge in [0.05, 0.1) is 30.4 Å². The first-order valence-electron chi connectivity index (χ1n) is 15.5. The van der Waals surface area contributed by atoms with Crippen molar-refractivity contribution in [2.75, 3.05) is 38.1 Å². The predicted octanol–water partition coefficient (Wildman–Crippen LogP) is 3.94. The molecule has 0 unspecified atom stereocenters. The van der Waals surface area contributed by atoms with Crippen LogP contribution in [-0.4, -0.2) is 98.1 Å². The summed E-state index contributed by atoms with van der Waals surface area (Å²) in [5.41, 5.74) is 0.520. The molecular weight excluding hydrogens is 602 g/mol. The van der Waals surface area contributed by atoms with E-state index < -0.39 is 28.1 Å². The van der Waals surface area contributed by atoms with Gasteiger partial charge in [0.1, 0.15) is 11.4 Å². The number of aliphatic hydroxyl groups is 1. The Morgan fingerprint density at radius 3 is 2.53 bits per heavy atom. The first-order valence-corrected chi connectivity index (χ1v) is 16.9. The van der Waals surface area contributed by atoms with Crippen LogP contribution in [0.25, 0.3) is 0 Å². The number of carbonyl (C=O) groups excluding carboxylic acids is 2. The van der Waals surface area contributed by atoms with Crippen LogP contribution < -0.4 is 14.8 Å². The van der Waals surface area contributed by atoms with E-state index in [1.165, 1.54) is 19.9 Å². The van der Waals surface area contributed by atoms with E-state index in [9.17, 15) is 23.1 Å². The standard InChI is InChI=1S/C31H49N5O8S/c1-19(2)32-31(39)35(8)17-28-20(3)16-36(21(4)18-37)30(38)26-15-25(34-45(40,41)29-23(6)33-44-24(29)7)12-13-27(26)43-22(5)11-9-10-14-42-28/h12-13,15,19-22,28,34,37H,9-11,14,16-18H2,1-8H3,(H,32,39)/t20-,21+,22-,28-/m0/s1. The van der Waals surface area contributed by atoms with Crippen molar-refractivity contribution in [2.24, 2.45) is 5.92 Å². The summed E-state index contributed by atoms with van der Waals surface area (Å²) in [6.45, 7) is 13.1. The minimum atomic E-state index is -4.08. The largest absolute Gasteiger partial charge is 0.490 e. The number of aromatic nitrogens is 1. The quantitative estimate of drug-likeness (QED) is 0.384. The molecule has 3 rings (SSSR count). The maximum atomic E-state index is 14.3. The van der Waals surface area contributed by atoms with E-state index >= 15 is 0 Å². The number of carbonyl (C=O) groups is 2. The Morgan fingerprint density at radius 1 is 1.20 bits per heavy atom. The zero-order valence-corrected chi connectivity index (χ0v) is 28.4. The van der Waals surface area contributed by atoms with Crippen LogP contribution in [0.5, 0.6) is 5.75 Å². The highest BCUT2D eigenvalue weighted by molar-refractivity contribution is 7.92. The smallest absolute Gasteiger partial charge is 0.317 e. The number of aliphatic hydroxyl groups excluding tert-OH is 1. The molecule has 0 aliphatic carbocycles. The number of nitrogens with zero attached hydrogens (tertiary/aromatic N) is 3. The van der Waals surface area contributed by atoms with Crippen molar-refractivity contribution in [3.8, 4) is 5.75 Å². The Hall–Kier alpha value is -3.36. The molecular formula is C31H49N5O8S. The summed E-state index contributed by atoms with van der Waals surface area (Å²) in [4.78, 5) is 30.0. The number of ether oxygens (including phenoxy) is 2. The molecule has 0 saturated heterocycles. The molecule has 0 fully saturated rings. The number of amides is 3. The summed E-state index contributed by atoms with van der Waals surface area (Å²) in [5.74, 6) is -0.214. The minimum Gasteiger partial charge on any atom is -0.490 e. The van der Waals surface area contributed by atoms with E-state index in [0.29, 0.717) is 25.3 Å². The molecule has 1 aromatic carbocycles. The Labute approximate surface area is 266 Å². The molecule has 3 amide bonds. The summed E-state index contributed by atoms with van der Waals surface area (Å²) in [6.07, 6.45) is 1.67. The molecule has 1 aliphatic rings. The van der Waals surface area contributed by atoms with Gasteiger partial charge in [0.25, 0.3) is 15.9 Å². The van der Waals surface area contributed by atoms with Gasteiger partial charge in [0.2, 0.25) is 0 Å². The fourth-order valence-corrected chi connectivity index (χ4v) is 6.60. The van der Waals surface area contributed by atoms with Gasteiger partial charge < -0.3 is 34.2 Å². The van der Waals surface area contributed by atoms with E-state index in [0.717, 1.165) is 12.8 Å². The maximum Gasteiger partial charge on any atom is 0.317 e. The molecule has 13 nitrogen and oxygen atoms in total. The number of likely N-dealkylation sites (N-methyl/N-ethyl adjacent to an activating group) is 1. The lowest BCUT2D eigenvalue weighted by molar-refractivity contribution is -0.0122. The van der Waals surface area contributed by atoms with Crippen molar-refractivity contribution in [2.45, 2.75) is 96.9 Å². The summed E-state index contributed by atoms with van der Waals surface area (Å²) >= 11 is 0. The SMILES string of the molecule is Cc1noc(C)c1S(=O)(=O)Nc1ccc2c(c1)C(=O)N([C@H](C)CO)C[C@H](C)[C@H](CN(C)C(=O)NC(C)C)OCCCC[C@H](C)O2. The third-order valence-electron chi connectivity index (χ3n) is 7.75. The Balaban J connectivity index is 2.00. The summed E-state index contributed by atoms with van der Waals surface area (Å²) in [5, 5.41) is 16.8. The van der Waals surface area contributed by atoms with Crippen LogP contribution in [0.4, 0.5) is 10.5 Å². The molecule has 0 bridgehead atoms. The third kappa shape index (κ3) is 9.57. The molecule has 0 spiro atoms. The number of sulfonamides is 1.